The van der Waals surface area contributed by atoms with Crippen LogP contribution in [0.2, 0.25) is 5.02 Å². The number of halogens is 1. The highest BCUT2D eigenvalue weighted by molar-refractivity contribution is 6.30. The zero-order chi connectivity index (χ0) is 13.0. The number of nitrogens with one attached hydrogen (secondary N) is 1. The average Bonchev–Trinajstić information content (AvgIpc) is 2.38. The van der Waals surface area contributed by atoms with Crippen LogP contribution in [0, 0.1) is 5.92 Å². The van der Waals surface area contributed by atoms with Gasteiger partial charge in [-0.3, -0.25) is 4.79 Å². The van der Waals surface area contributed by atoms with Crippen LogP contribution < -0.4 is 5.32 Å². The van der Waals surface area contributed by atoms with E-state index in [9.17, 15) is 4.79 Å². The van der Waals surface area contributed by atoms with Crippen molar-refractivity contribution in [2.45, 2.75) is 25.2 Å². The number of carbonyl (C=O) groups is 1. The van der Waals surface area contributed by atoms with Crippen LogP contribution in [0.3, 0.4) is 0 Å². The normalized spacial score (nSPS) is 18.5. The average molecular weight is 268 g/mol. The highest BCUT2D eigenvalue weighted by Crippen LogP contribution is 2.34. The second-order valence-corrected chi connectivity index (χ2v) is 5.28. The molecular formula is C14H18ClNO2. The first kappa shape index (κ1) is 13.4. The molecule has 1 saturated heterocycles. The minimum Gasteiger partial charge on any atom is -0.481 e. The van der Waals surface area contributed by atoms with Crippen molar-refractivity contribution < 1.29 is 9.90 Å². The molecule has 1 aliphatic heterocycles. The molecule has 1 atom stereocenters. The van der Waals surface area contributed by atoms with E-state index in [1.165, 1.54) is 0 Å². The molecule has 1 aliphatic rings. The minimum atomic E-state index is -0.728. The third kappa shape index (κ3) is 3.47. The molecule has 1 heterocycles. The van der Waals surface area contributed by atoms with Crippen LogP contribution >= 0.6 is 11.6 Å². The lowest BCUT2D eigenvalue weighted by atomic mass is 9.78. The van der Waals surface area contributed by atoms with Gasteiger partial charge in [0.05, 0.1) is 6.42 Å². The second kappa shape index (κ2) is 6.21. The second-order valence-electron chi connectivity index (χ2n) is 4.84. The number of carboxylic acid groups (broad SMARTS) is 1. The summed E-state index contributed by atoms with van der Waals surface area (Å²) < 4.78 is 0. The summed E-state index contributed by atoms with van der Waals surface area (Å²) in [4.78, 5) is 11.1. The SMILES string of the molecule is O=C(O)CC(c1ccc(Cl)cc1)C1CCNCC1. The molecular weight excluding hydrogens is 250 g/mol. The molecule has 0 saturated carbocycles. The van der Waals surface area contributed by atoms with Gasteiger partial charge >= 0.3 is 5.97 Å². The summed E-state index contributed by atoms with van der Waals surface area (Å²) in [6, 6.07) is 7.59. The molecule has 1 fully saturated rings. The third-order valence-electron chi connectivity index (χ3n) is 3.65. The number of carboxylic acids is 1. The number of aliphatic carboxylic acids is 1. The summed E-state index contributed by atoms with van der Waals surface area (Å²) in [5.41, 5.74) is 1.09. The topological polar surface area (TPSA) is 49.3 Å². The number of hydrogen-bond acceptors (Lipinski definition) is 2. The van der Waals surface area contributed by atoms with E-state index in [0.717, 1.165) is 31.5 Å². The number of hydrogen-bond donors (Lipinski definition) is 2. The molecule has 4 heteroatoms. The first-order valence-electron chi connectivity index (χ1n) is 6.35. The first-order valence-corrected chi connectivity index (χ1v) is 6.72. The zero-order valence-corrected chi connectivity index (χ0v) is 11.0. The van der Waals surface area contributed by atoms with E-state index in [0.29, 0.717) is 10.9 Å². The Morgan fingerprint density at radius 3 is 2.50 bits per heavy atom. The molecule has 0 aliphatic carbocycles. The smallest absolute Gasteiger partial charge is 0.303 e. The Bertz CT molecular complexity index is 399. The van der Waals surface area contributed by atoms with Crippen LogP contribution in [-0.4, -0.2) is 24.2 Å². The van der Waals surface area contributed by atoms with Gasteiger partial charge in [-0.1, -0.05) is 23.7 Å². The first-order chi connectivity index (χ1) is 8.66. The van der Waals surface area contributed by atoms with E-state index in [-0.39, 0.29) is 12.3 Å². The summed E-state index contributed by atoms with van der Waals surface area (Å²) in [7, 11) is 0. The van der Waals surface area contributed by atoms with E-state index in [4.69, 9.17) is 16.7 Å². The van der Waals surface area contributed by atoms with Gasteiger partial charge in [-0.25, -0.2) is 0 Å². The minimum absolute atomic E-state index is 0.0990. The quantitative estimate of drug-likeness (QED) is 0.882. The summed E-state index contributed by atoms with van der Waals surface area (Å²) in [5.74, 6) is -0.182. The molecule has 98 valence electrons. The van der Waals surface area contributed by atoms with Gasteiger partial charge in [-0.15, -0.1) is 0 Å². The molecule has 18 heavy (non-hydrogen) atoms. The van der Waals surface area contributed by atoms with Crippen LogP contribution in [-0.2, 0) is 4.79 Å². The predicted octanol–water partition coefficient (Wildman–Crippen LogP) is 2.90. The Balaban J connectivity index is 2.17. The van der Waals surface area contributed by atoms with Crippen LogP contribution in [0.1, 0.15) is 30.7 Å². The van der Waals surface area contributed by atoms with Gasteiger partial charge in [0.2, 0.25) is 0 Å². The lowest BCUT2D eigenvalue weighted by Crippen LogP contribution is -2.31. The van der Waals surface area contributed by atoms with Gasteiger partial charge < -0.3 is 10.4 Å². The molecule has 0 amide bonds. The number of benzene rings is 1. The van der Waals surface area contributed by atoms with Crippen molar-refractivity contribution in [3.8, 4) is 0 Å². The van der Waals surface area contributed by atoms with Gasteiger partial charge in [0, 0.05) is 5.02 Å². The molecule has 0 spiro atoms. The predicted molar refractivity (Wildman–Crippen MR) is 72.0 cm³/mol. The highest BCUT2D eigenvalue weighted by Gasteiger charge is 2.26. The molecule has 2 rings (SSSR count). The Kier molecular flexibility index (Phi) is 4.61. The van der Waals surface area contributed by atoms with Crippen molar-refractivity contribution in [2.75, 3.05) is 13.1 Å². The summed E-state index contributed by atoms with van der Waals surface area (Å²) >= 11 is 5.88. The van der Waals surface area contributed by atoms with Crippen molar-refractivity contribution in [3.63, 3.8) is 0 Å². The Labute approximate surface area is 112 Å². The van der Waals surface area contributed by atoms with Crippen molar-refractivity contribution >= 4 is 17.6 Å². The van der Waals surface area contributed by atoms with E-state index in [1.807, 2.05) is 24.3 Å². The molecule has 0 bridgehead atoms. The molecule has 1 unspecified atom stereocenters. The molecule has 1 aromatic rings. The molecule has 0 radical (unpaired) electrons. The van der Waals surface area contributed by atoms with Gasteiger partial charge in [-0.05, 0) is 55.5 Å². The van der Waals surface area contributed by atoms with Gasteiger partial charge in [0.25, 0.3) is 0 Å². The maximum absolute atomic E-state index is 11.1. The highest BCUT2D eigenvalue weighted by atomic mass is 35.5. The summed E-state index contributed by atoms with van der Waals surface area (Å²) in [6.45, 7) is 1.96. The molecule has 1 aromatic carbocycles. The standard InChI is InChI=1S/C14H18ClNO2/c15-12-3-1-10(2-4-12)13(9-14(17)18)11-5-7-16-8-6-11/h1-4,11,13,16H,5-9H2,(H,17,18). The lowest BCUT2D eigenvalue weighted by Gasteiger charge is -2.30. The number of piperidine rings is 1. The zero-order valence-electron chi connectivity index (χ0n) is 10.2. The van der Waals surface area contributed by atoms with Crippen LogP contribution in [0.25, 0.3) is 0 Å². The summed E-state index contributed by atoms with van der Waals surface area (Å²) in [5, 5.41) is 13.1. The van der Waals surface area contributed by atoms with Gasteiger partial charge in [0.1, 0.15) is 0 Å². The van der Waals surface area contributed by atoms with E-state index in [2.05, 4.69) is 5.32 Å². The van der Waals surface area contributed by atoms with E-state index < -0.39 is 5.97 Å². The monoisotopic (exact) mass is 267 g/mol. The third-order valence-corrected chi connectivity index (χ3v) is 3.90. The maximum Gasteiger partial charge on any atom is 0.303 e. The molecule has 3 nitrogen and oxygen atoms in total. The van der Waals surface area contributed by atoms with Crippen molar-refractivity contribution in [2.24, 2.45) is 5.92 Å². The fourth-order valence-electron chi connectivity index (χ4n) is 2.70. The Morgan fingerprint density at radius 1 is 1.33 bits per heavy atom. The van der Waals surface area contributed by atoms with Gasteiger partial charge in [0.15, 0.2) is 0 Å². The summed E-state index contributed by atoms with van der Waals surface area (Å²) in [6.07, 6.45) is 2.29. The lowest BCUT2D eigenvalue weighted by molar-refractivity contribution is -0.137. The fourth-order valence-corrected chi connectivity index (χ4v) is 2.83. The van der Waals surface area contributed by atoms with Gasteiger partial charge in [-0.2, -0.15) is 0 Å². The van der Waals surface area contributed by atoms with Crippen LogP contribution in [0.5, 0.6) is 0 Å². The largest absolute Gasteiger partial charge is 0.481 e. The molecule has 0 aromatic heterocycles. The van der Waals surface area contributed by atoms with Crippen LogP contribution in [0.4, 0.5) is 0 Å². The maximum atomic E-state index is 11.1. The van der Waals surface area contributed by atoms with Crippen molar-refractivity contribution in [1.29, 1.82) is 0 Å². The van der Waals surface area contributed by atoms with Crippen molar-refractivity contribution in [3.05, 3.63) is 34.9 Å². The Morgan fingerprint density at radius 2 is 1.94 bits per heavy atom. The number of rotatable bonds is 4. The van der Waals surface area contributed by atoms with E-state index in [1.54, 1.807) is 0 Å². The van der Waals surface area contributed by atoms with E-state index >= 15 is 0 Å². The van der Waals surface area contributed by atoms with Crippen molar-refractivity contribution in [1.82, 2.24) is 5.32 Å². The Hall–Kier alpha value is -1.06. The van der Waals surface area contributed by atoms with Crippen LogP contribution in [0.15, 0.2) is 24.3 Å². The molecule has 2 N–H and O–H groups in total. The fraction of sp³-hybridized carbons (Fsp3) is 0.500.